The van der Waals surface area contributed by atoms with Gasteiger partial charge in [0.2, 0.25) is 5.91 Å². The Bertz CT molecular complexity index is 1300. The van der Waals surface area contributed by atoms with E-state index < -0.39 is 6.61 Å². The molecule has 180 valence electrons. The van der Waals surface area contributed by atoms with Crippen molar-refractivity contribution in [1.29, 1.82) is 0 Å². The largest absolute Gasteiger partial charge is 0.493 e. The quantitative estimate of drug-likeness (QED) is 0.346. The predicted octanol–water partition coefficient (Wildman–Crippen LogP) is 5.15. The fourth-order valence-corrected chi connectivity index (χ4v) is 3.46. The zero-order chi connectivity index (χ0) is 24.8. The summed E-state index contributed by atoms with van der Waals surface area (Å²) in [6.07, 6.45) is 0.106. The van der Waals surface area contributed by atoms with Crippen LogP contribution in [0.5, 0.6) is 11.5 Å². The summed E-state index contributed by atoms with van der Waals surface area (Å²) in [5.74, 6) is -0.352. The summed E-state index contributed by atoms with van der Waals surface area (Å²) in [4.78, 5) is 24.8. The molecule has 0 aliphatic heterocycles. The number of furan rings is 1. The molecule has 0 atom stereocenters. The highest BCUT2D eigenvalue weighted by atomic mass is 19.3. The minimum absolute atomic E-state index is 0.102. The molecule has 0 aliphatic carbocycles. The van der Waals surface area contributed by atoms with Gasteiger partial charge < -0.3 is 24.5 Å². The van der Waals surface area contributed by atoms with Gasteiger partial charge in [0.25, 0.3) is 5.91 Å². The van der Waals surface area contributed by atoms with Crippen molar-refractivity contribution in [3.05, 3.63) is 89.7 Å². The minimum atomic E-state index is -2.99. The van der Waals surface area contributed by atoms with Gasteiger partial charge in [-0.05, 0) is 47.5 Å². The van der Waals surface area contributed by atoms with E-state index in [4.69, 9.17) is 9.15 Å². The Labute approximate surface area is 199 Å². The highest BCUT2D eigenvalue weighted by Gasteiger charge is 2.14. The number of anilines is 1. The third kappa shape index (κ3) is 6.14. The number of halogens is 2. The summed E-state index contributed by atoms with van der Waals surface area (Å²) in [5.41, 5.74) is 2.51. The molecule has 4 rings (SSSR count). The molecule has 0 aliphatic rings. The second-order valence-corrected chi connectivity index (χ2v) is 7.62. The Kier molecular flexibility index (Phi) is 7.25. The first kappa shape index (κ1) is 23.7. The lowest BCUT2D eigenvalue weighted by molar-refractivity contribution is -0.120. The van der Waals surface area contributed by atoms with E-state index in [0.717, 1.165) is 10.9 Å². The standard InChI is InChI=1S/C26H22F2N2O5/c1-33-21-11-8-17(12-22(21)35-26(27)28)15-29-24(31)13-16-6-9-19(10-7-16)30-25(32)23-14-18-4-2-3-5-20(18)34-23/h2-12,14,26H,13,15H2,1H3,(H,29,31)(H,30,32). The molecule has 4 aromatic rings. The SMILES string of the molecule is COc1ccc(CNC(=O)Cc2ccc(NC(=O)c3cc4ccccc4o3)cc2)cc1OC(F)F. The van der Waals surface area contributed by atoms with Gasteiger partial charge in [-0.3, -0.25) is 9.59 Å². The molecule has 0 saturated heterocycles. The number of methoxy groups -OCH3 is 1. The third-order valence-electron chi connectivity index (χ3n) is 5.16. The number of carbonyl (C=O) groups is 2. The van der Waals surface area contributed by atoms with Crippen molar-refractivity contribution in [3.8, 4) is 11.5 Å². The average molecular weight is 480 g/mol. The lowest BCUT2D eigenvalue weighted by atomic mass is 10.1. The van der Waals surface area contributed by atoms with Gasteiger partial charge in [0.05, 0.1) is 13.5 Å². The molecule has 2 N–H and O–H groups in total. The maximum Gasteiger partial charge on any atom is 0.387 e. The number of fused-ring (bicyclic) bond motifs is 1. The number of benzene rings is 3. The first-order chi connectivity index (χ1) is 16.9. The van der Waals surface area contributed by atoms with Crippen LogP contribution in [-0.2, 0) is 17.8 Å². The number of hydrogen-bond acceptors (Lipinski definition) is 5. The molecule has 1 aromatic heterocycles. The number of rotatable bonds is 9. The Morgan fingerprint density at radius 1 is 0.943 bits per heavy atom. The molecule has 9 heteroatoms. The van der Waals surface area contributed by atoms with Crippen LogP contribution in [0.2, 0.25) is 0 Å². The van der Waals surface area contributed by atoms with Crippen LogP contribution in [0.15, 0.2) is 77.2 Å². The zero-order valence-corrected chi connectivity index (χ0v) is 18.7. The maximum absolute atomic E-state index is 12.6. The molecule has 0 radical (unpaired) electrons. The van der Waals surface area contributed by atoms with E-state index in [2.05, 4.69) is 15.4 Å². The van der Waals surface area contributed by atoms with Gasteiger partial charge in [0.1, 0.15) is 5.58 Å². The van der Waals surface area contributed by atoms with Crippen LogP contribution in [0.3, 0.4) is 0 Å². The Balaban J connectivity index is 1.30. The molecule has 0 bridgehead atoms. The summed E-state index contributed by atoms with van der Waals surface area (Å²) < 4.78 is 40.2. The normalized spacial score (nSPS) is 10.9. The third-order valence-corrected chi connectivity index (χ3v) is 5.16. The topological polar surface area (TPSA) is 89.8 Å². The van der Waals surface area contributed by atoms with Crippen LogP contribution in [0.4, 0.5) is 14.5 Å². The van der Waals surface area contributed by atoms with E-state index in [1.165, 1.54) is 19.2 Å². The molecule has 0 spiro atoms. The molecule has 1 heterocycles. The van der Waals surface area contributed by atoms with E-state index in [1.807, 2.05) is 18.2 Å². The van der Waals surface area contributed by atoms with Crippen molar-refractivity contribution in [3.63, 3.8) is 0 Å². The van der Waals surface area contributed by atoms with E-state index in [0.29, 0.717) is 16.8 Å². The van der Waals surface area contributed by atoms with Crippen LogP contribution in [0, 0.1) is 0 Å². The fraction of sp³-hybridized carbons (Fsp3) is 0.154. The molecular weight excluding hydrogens is 458 g/mol. The van der Waals surface area contributed by atoms with Gasteiger partial charge in [-0.2, -0.15) is 8.78 Å². The second kappa shape index (κ2) is 10.7. The molecule has 0 saturated carbocycles. The number of alkyl halides is 2. The number of ether oxygens (including phenoxy) is 2. The predicted molar refractivity (Wildman–Crippen MR) is 126 cm³/mol. The van der Waals surface area contributed by atoms with E-state index >= 15 is 0 Å². The van der Waals surface area contributed by atoms with E-state index in [-0.39, 0.29) is 42.0 Å². The average Bonchev–Trinajstić information content (AvgIpc) is 3.28. The first-order valence-electron chi connectivity index (χ1n) is 10.7. The molecule has 3 aromatic carbocycles. The van der Waals surface area contributed by atoms with E-state index in [9.17, 15) is 18.4 Å². The smallest absolute Gasteiger partial charge is 0.387 e. The van der Waals surface area contributed by atoms with Gasteiger partial charge in [-0.25, -0.2) is 0 Å². The molecule has 35 heavy (non-hydrogen) atoms. The number of amides is 2. The van der Waals surface area contributed by atoms with Crippen molar-refractivity contribution in [2.45, 2.75) is 19.6 Å². The summed E-state index contributed by atoms with van der Waals surface area (Å²) >= 11 is 0. The molecule has 2 amide bonds. The summed E-state index contributed by atoms with van der Waals surface area (Å²) in [6, 6.07) is 20.4. The van der Waals surface area contributed by atoms with Gasteiger partial charge in [-0.1, -0.05) is 36.4 Å². The maximum atomic E-state index is 12.6. The fourth-order valence-electron chi connectivity index (χ4n) is 3.46. The zero-order valence-electron chi connectivity index (χ0n) is 18.7. The Morgan fingerprint density at radius 2 is 1.69 bits per heavy atom. The number of para-hydroxylation sites is 1. The highest BCUT2D eigenvalue weighted by molar-refractivity contribution is 6.04. The Hall–Kier alpha value is -4.40. The monoisotopic (exact) mass is 480 g/mol. The van der Waals surface area contributed by atoms with Crippen molar-refractivity contribution in [1.82, 2.24) is 5.32 Å². The Morgan fingerprint density at radius 3 is 2.40 bits per heavy atom. The van der Waals surface area contributed by atoms with Crippen LogP contribution < -0.4 is 20.1 Å². The summed E-state index contributed by atoms with van der Waals surface area (Å²) in [7, 11) is 1.35. The molecular formula is C26H22F2N2O5. The molecule has 0 unspecified atom stereocenters. The van der Waals surface area contributed by atoms with Crippen molar-refractivity contribution in [2.24, 2.45) is 0 Å². The van der Waals surface area contributed by atoms with E-state index in [1.54, 1.807) is 42.5 Å². The van der Waals surface area contributed by atoms with Gasteiger partial charge in [0.15, 0.2) is 17.3 Å². The number of nitrogens with one attached hydrogen (secondary N) is 2. The first-order valence-corrected chi connectivity index (χ1v) is 10.7. The lowest BCUT2D eigenvalue weighted by Crippen LogP contribution is -2.24. The summed E-state index contributed by atoms with van der Waals surface area (Å²) in [6.45, 7) is -2.85. The van der Waals surface area contributed by atoms with Crippen molar-refractivity contribution >= 4 is 28.5 Å². The molecule has 7 nitrogen and oxygen atoms in total. The second-order valence-electron chi connectivity index (χ2n) is 7.62. The van der Waals surface area contributed by atoms with Crippen LogP contribution in [-0.4, -0.2) is 25.5 Å². The highest BCUT2D eigenvalue weighted by Crippen LogP contribution is 2.29. The van der Waals surface area contributed by atoms with Crippen LogP contribution >= 0.6 is 0 Å². The lowest BCUT2D eigenvalue weighted by Gasteiger charge is -2.12. The minimum Gasteiger partial charge on any atom is -0.493 e. The molecule has 0 fully saturated rings. The van der Waals surface area contributed by atoms with Gasteiger partial charge >= 0.3 is 6.61 Å². The van der Waals surface area contributed by atoms with Crippen molar-refractivity contribution < 1.29 is 32.3 Å². The summed E-state index contributed by atoms with van der Waals surface area (Å²) in [5, 5.41) is 6.35. The van der Waals surface area contributed by atoms with Crippen LogP contribution in [0.1, 0.15) is 21.7 Å². The number of hydrogen-bond donors (Lipinski definition) is 2. The van der Waals surface area contributed by atoms with Gasteiger partial charge in [-0.15, -0.1) is 0 Å². The van der Waals surface area contributed by atoms with Crippen molar-refractivity contribution in [2.75, 3.05) is 12.4 Å². The van der Waals surface area contributed by atoms with Crippen LogP contribution in [0.25, 0.3) is 11.0 Å². The number of carbonyl (C=O) groups excluding carboxylic acids is 2. The van der Waals surface area contributed by atoms with Gasteiger partial charge in [0, 0.05) is 17.6 Å².